The van der Waals surface area contributed by atoms with Crippen molar-refractivity contribution < 1.29 is 19.4 Å². The van der Waals surface area contributed by atoms with Crippen molar-refractivity contribution in [3.63, 3.8) is 0 Å². The molecule has 0 aliphatic carbocycles. The lowest BCUT2D eigenvalue weighted by Gasteiger charge is -2.12. The van der Waals surface area contributed by atoms with E-state index in [1.54, 1.807) is 13.0 Å². The monoisotopic (exact) mass is 286 g/mol. The predicted molar refractivity (Wildman–Crippen MR) is 72.4 cm³/mol. The molecule has 1 aromatic rings. The first kappa shape index (κ1) is 14.5. The number of hydrogen-bond acceptors (Lipinski definition) is 4. The van der Waals surface area contributed by atoms with Gasteiger partial charge in [-0.3, -0.25) is 0 Å². The molecule has 0 heterocycles. The van der Waals surface area contributed by atoms with Crippen LogP contribution < -0.4 is 4.74 Å². The molecule has 0 unspecified atom stereocenters. The Morgan fingerprint density at radius 2 is 2.17 bits per heavy atom. The van der Waals surface area contributed by atoms with Gasteiger partial charge in [-0.25, -0.2) is 4.79 Å². The third-order valence-corrected chi connectivity index (χ3v) is 2.64. The Hall–Kier alpha value is -1.59. The number of halogens is 1. The summed E-state index contributed by atoms with van der Waals surface area (Å²) in [5.74, 6) is -0.706. The molecule has 0 atom stereocenters. The zero-order chi connectivity index (χ0) is 13.7. The average molecular weight is 287 g/mol. The average Bonchev–Trinajstić information content (AvgIpc) is 2.36. The lowest BCUT2D eigenvalue weighted by molar-refractivity contribution is 0.0694. The van der Waals surface area contributed by atoms with Gasteiger partial charge >= 0.3 is 5.97 Å². The zero-order valence-corrected chi connectivity index (χ0v) is 11.3. The van der Waals surface area contributed by atoms with Gasteiger partial charge in [0.1, 0.15) is 11.3 Å². The van der Waals surface area contributed by atoms with Crippen LogP contribution in [0.2, 0.25) is 5.02 Å². The lowest BCUT2D eigenvalue weighted by atomic mass is 10.2. The van der Waals surface area contributed by atoms with E-state index in [4.69, 9.17) is 38.4 Å². The maximum Gasteiger partial charge on any atom is 0.339 e. The third-order valence-electron chi connectivity index (χ3n) is 2.04. The molecule has 0 aliphatic heterocycles. The van der Waals surface area contributed by atoms with E-state index in [2.05, 4.69) is 0 Å². The highest BCUT2D eigenvalue weighted by molar-refractivity contribution is 7.80. The van der Waals surface area contributed by atoms with Crippen LogP contribution in [0.4, 0.5) is 0 Å². The van der Waals surface area contributed by atoms with Crippen molar-refractivity contribution in [3.8, 4) is 5.75 Å². The van der Waals surface area contributed by atoms with Crippen molar-refractivity contribution in [1.82, 2.24) is 0 Å². The fraction of sp³-hybridized carbons (Fsp3) is 0.167. The zero-order valence-electron chi connectivity index (χ0n) is 9.77. The second-order valence-electron chi connectivity index (χ2n) is 3.19. The fourth-order valence-electron chi connectivity index (χ4n) is 1.20. The van der Waals surface area contributed by atoms with Crippen LogP contribution in [0.5, 0.6) is 5.75 Å². The highest BCUT2D eigenvalue weighted by Gasteiger charge is 2.15. The molecule has 18 heavy (non-hydrogen) atoms. The van der Waals surface area contributed by atoms with Crippen molar-refractivity contribution >= 4 is 34.8 Å². The summed E-state index contributed by atoms with van der Waals surface area (Å²) in [6.07, 6.45) is 1.59. The van der Waals surface area contributed by atoms with Gasteiger partial charge < -0.3 is 14.6 Å². The number of hydrogen-bond donors (Lipinski definition) is 1. The Morgan fingerprint density at radius 1 is 1.50 bits per heavy atom. The Kier molecular flexibility index (Phi) is 5.12. The number of methoxy groups -OCH3 is 1. The molecule has 0 aromatic heterocycles. The number of carbonyl (C=O) groups is 1. The molecule has 0 fully saturated rings. The molecular formula is C12H11ClO4S. The number of aromatic carboxylic acids is 1. The van der Waals surface area contributed by atoms with E-state index in [1.165, 1.54) is 25.3 Å². The largest absolute Gasteiger partial charge is 0.484 e. The molecule has 0 radical (unpaired) electrons. The maximum absolute atomic E-state index is 11.1. The van der Waals surface area contributed by atoms with Crippen LogP contribution in [-0.2, 0) is 4.74 Å². The number of carboxylic acids is 1. The van der Waals surface area contributed by atoms with E-state index >= 15 is 0 Å². The molecule has 96 valence electrons. The molecule has 0 saturated heterocycles. The quantitative estimate of drug-likeness (QED) is 0.523. The molecule has 0 bridgehead atoms. The van der Waals surface area contributed by atoms with E-state index in [1.807, 2.05) is 0 Å². The van der Waals surface area contributed by atoms with E-state index in [0.717, 1.165) is 0 Å². The van der Waals surface area contributed by atoms with Crippen LogP contribution in [0.1, 0.15) is 17.3 Å². The smallest absolute Gasteiger partial charge is 0.339 e. The number of carboxylic acid groups (broad SMARTS) is 1. The van der Waals surface area contributed by atoms with Crippen LogP contribution in [0.3, 0.4) is 0 Å². The van der Waals surface area contributed by atoms with E-state index in [-0.39, 0.29) is 22.1 Å². The second kappa shape index (κ2) is 6.37. The summed E-state index contributed by atoms with van der Waals surface area (Å²) in [4.78, 5) is 11.1. The van der Waals surface area contributed by atoms with Crippen molar-refractivity contribution in [1.29, 1.82) is 0 Å². The molecule has 1 aromatic carbocycles. The normalized spacial score (nSPS) is 10.9. The highest BCUT2D eigenvalue weighted by atomic mass is 35.5. The van der Waals surface area contributed by atoms with Gasteiger partial charge in [0.15, 0.2) is 5.76 Å². The number of benzene rings is 1. The van der Waals surface area contributed by atoms with E-state index in [9.17, 15) is 4.79 Å². The molecule has 1 N–H and O–H groups in total. The van der Waals surface area contributed by atoms with E-state index < -0.39 is 5.97 Å². The fourth-order valence-corrected chi connectivity index (χ4v) is 1.53. The summed E-state index contributed by atoms with van der Waals surface area (Å²) < 4.78 is 10.3. The first-order chi connectivity index (χ1) is 8.49. The Bertz CT molecular complexity index is 511. The van der Waals surface area contributed by atoms with Gasteiger partial charge in [-0.15, -0.1) is 0 Å². The standard InChI is InChI=1S/C12H11ClO4S/c1-3-9(12(18)16-2)17-10-5-4-7(13)6-8(10)11(14)15/h3-6H,1-2H3,(H,14,15). The van der Waals surface area contributed by atoms with Crippen molar-refractivity contribution in [2.24, 2.45) is 0 Å². The van der Waals surface area contributed by atoms with Gasteiger partial charge in [0.05, 0.1) is 7.11 Å². The molecule has 4 nitrogen and oxygen atoms in total. The summed E-state index contributed by atoms with van der Waals surface area (Å²) in [5, 5.41) is 9.51. The summed E-state index contributed by atoms with van der Waals surface area (Å²) >= 11 is 10.7. The SMILES string of the molecule is CC=C(Oc1ccc(Cl)cc1C(=O)O)C(=S)OC. The minimum Gasteiger partial charge on any atom is -0.484 e. The van der Waals surface area contributed by atoms with Crippen LogP contribution in [0.15, 0.2) is 30.0 Å². The number of allylic oxidation sites excluding steroid dienone is 1. The topological polar surface area (TPSA) is 55.8 Å². The van der Waals surface area contributed by atoms with Gasteiger partial charge in [0.25, 0.3) is 0 Å². The molecule has 0 amide bonds. The minimum absolute atomic E-state index is 0.0410. The van der Waals surface area contributed by atoms with Crippen molar-refractivity contribution in [3.05, 3.63) is 40.6 Å². The number of thiocarbonyl (C=S) groups is 1. The number of ether oxygens (including phenoxy) is 2. The van der Waals surface area contributed by atoms with Gasteiger partial charge in [-0.2, -0.15) is 0 Å². The van der Waals surface area contributed by atoms with Crippen LogP contribution in [0, 0.1) is 0 Å². The van der Waals surface area contributed by atoms with Crippen molar-refractivity contribution in [2.45, 2.75) is 6.92 Å². The molecule has 1 rings (SSSR count). The summed E-state index contributed by atoms with van der Waals surface area (Å²) in [7, 11) is 1.41. The Labute approximate surface area is 115 Å². The summed E-state index contributed by atoms with van der Waals surface area (Å²) in [6, 6.07) is 4.31. The maximum atomic E-state index is 11.1. The van der Waals surface area contributed by atoms with Gasteiger partial charge in [-0.05, 0) is 43.4 Å². The summed E-state index contributed by atoms with van der Waals surface area (Å²) in [6.45, 7) is 1.71. The Balaban J connectivity index is 3.11. The molecule has 6 heteroatoms. The lowest BCUT2D eigenvalue weighted by Crippen LogP contribution is -2.10. The minimum atomic E-state index is -1.13. The summed E-state index contributed by atoms with van der Waals surface area (Å²) in [5.41, 5.74) is -0.0410. The molecule has 0 saturated carbocycles. The molecule has 0 spiro atoms. The van der Waals surface area contributed by atoms with Gasteiger partial charge in [-0.1, -0.05) is 11.6 Å². The van der Waals surface area contributed by atoms with Crippen molar-refractivity contribution in [2.75, 3.05) is 7.11 Å². The van der Waals surface area contributed by atoms with Crippen LogP contribution in [-0.4, -0.2) is 23.2 Å². The Morgan fingerprint density at radius 3 is 2.67 bits per heavy atom. The molecule has 0 aliphatic rings. The first-order valence-corrected chi connectivity index (χ1v) is 5.73. The first-order valence-electron chi connectivity index (χ1n) is 4.95. The van der Waals surface area contributed by atoms with Gasteiger partial charge in [0, 0.05) is 5.02 Å². The highest BCUT2D eigenvalue weighted by Crippen LogP contribution is 2.25. The van der Waals surface area contributed by atoms with Crippen LogP contribution in [0.25, 0.3) is 0 Å². The predicted octanol–water partition coefficient (Wildman–Crippen LogP) is 3.29. The molecular weight excluding hydrogens is 276 g/mol. The van der Waals surface area contributed by atoms with Gasteiger partial charge in [0.2, 0.25) is 5.05 Å². The number of rotatable bonds is 4. The van der Waals surface area contributed by atoms with E-state index in [0.29, 0.717) is 5.02 Å². The third kappa shape index (κ3) is 3.45. The second-order valence-corrected chi connectivity index (χ2v) is 4.00. The van der Waals surface area contributed by atoms with Crippen LogP contribution >= 0.6 is 23.8 Å².